The zero-order valence-corrected chi connectivity index (χ0v) is 15.2. The minimum Gasteiger partial charge on any atom is -0.387 e. The second-order valence-electron chi connectivity index (χ2n) is 5.54. The van der Waals surface area contributed by atoms with Gasteiger partial charge in [-0.25, -0.2) is 0 Å². The molecule has 2 N–H and O–H groups in total. The number of aryl methyl sites for hydroxylation is 1. The molecule has 118 valence electrons. The lowest BCUT2D eigenvalue weighted by molar-refractivity contribution is 0.0718. The number of halogens is 1. The van der Waals surface area contributed by atoms with Gasteiger partial charge in [-0.05, 0) is 34.2 Å². The molecule has 5 nitrogen and oxygen atoms in total. The molecule has 0 aliphatic carbocycles. The molecule has 0 aromatic carbocycles. The highest BCUT2D eigenvalue weighted by Gasteiger charge is 2.31. The lowest BCUT2D eigenvalue weighted by atomic mass is 10.0. The first-order chi connectivity index (χ1) is 9.93. The third-order valence-corrected chi connectivity index (χ3v) is 5.37. The standard InChI is InChI=1S/C14H23BrN4OS/c1-16-13(17-9-14(20)4-5-21-10-14)19(3)8-12-6-11(15)7-18(12)2/h6-7,20H,4-5,8-10H2,1-3H3,(H,16,17). The van der Waals surface area contributed by atoms with Crippen LogP contribution < -0.4 is 5.32 Å². The van der Waals surface area contributed by atoms with E-state index in [9.17, 15) is 5.11 Å². The first-order valence-electron chi connectivity index (χ1n) is 6.96. The number of nitrogens with one attached hydrogen (secondary N) is 1. The lowest BCUT2D eigenvalue weighted by Gasteiger charge is -2.27. The van der Waals surface area contributed by atoms with Crippen molar-refractivity contribution in [2.45, 2.75) is 18.6 Å². The van der Waals surface area contributed by atoms with Crippen molar-refractivity contribution in [2.75, 3.05) is 32.1 Å². The summed E-state index contributed by atoms with van der Waals surface area (Å²) >= 11 is 5.29. The maximum Gasteiger partial charge on any atom is 0.193 e. The summed E-state index contributed by atoms with van der Waals surface area (Å²) in [6.07, 6.45) is 2.88. The fourth-order valence-electron chi connectivity index (χ4n) is 2.41. The van der Waals surface area contributed by atoms with Gasteiger partial charge in [-0.1, -0.05) is 0 Å². The molecular weight excluding hydrogens is 352 g/mol. The van der Waals surface area contributed by atoms with E-state index >= 15 is 0 Å². The molecule has 1 aliphatic rings. The van der Waals surface area contributed by atoms with Gasteiger partial charge in [-0.3, -0.25) is 4.99 Å². The molecule has 0 saturated carbocycles. The summed E-state index contributed by atoms with van der Waals surface area (Å²) < 4.78 is 3.17. The summed E-state index contributed by atoms with van der Waals surface area (Å²) in [6, 6.07) is 2.10. The van der Waals surface area contributed by atoms with E-state index in [-0.39, 0.29) is 0 Å². The van der Waals surface area contributed by atoms with E-state index in [0.717, 1.165) is 34.9 Å². The number of nitrogens with zero attached hydrogens (tertiary/aromatic N) is 3. The molecule has 1 aromatic heterocycles. The summed E-state index contributed by atoms with van der Waals surface area (Å²) in [6.45, 7) is 1.31. The van der Waals surface area contributed by atoms with E-state index in [4.69, 9.17) is 0 Å². The summed E-state index contributed by atoms with van der Waals surface area (Å²) in [4.78, 5) is 6.37. The van der Waals surface area contributed by atoms with Gasteiger partial charge in [0.2, 0.25) is 0 Å². The van der Waals surface area contributed by atoms with Crippen molar-refractivity contribution < 1.29 is 5.11 Å². The molecule has 1 aliphatic heterocycles. The Morgan fingerprint density at radius 2 is 2.43 bits per heavy atom. The van der Waals surface area contributed by atoms with Crippen LogP contribution in [0.15, 0.2) is 21.7 Å². The van der Waals surface area contributed by atoms with E-state index < -0.39 is 5.60 Å². The van der Waals surface area contributed by atoms with Crippen LogP contribution in [0.3, 0.4) is 0 Å². The van der Waals surface area contributed by atoms with E-state index in [0.29, 0.717) is 6.54 Å². The normalized spacial score (nSPS) is 22.6. The Morgan fingerprint density at radius 3 is 2.95 bits per heavy atom. The van der Waals surface area contributed by atoms with Gasteiger partial charge in [0.15, 0.2) is 5.96 Å². The molecule has 0 spiro atoms. The Morgan fingerprint density at radius 1 is 1.67 bits per heavy atom. The number of thioether (sulfide) groups is 1. The number of hydrogen-bond donors (Lipinski definition) is 2. The monoisotopic (exact) mass is 374 g/mol. The van der Waals surface area contributed by atoms with Crippen molar-refractivity contribution in [3.8, 4) is 0 Å². The highest BCUT2D eigenvalue weighted by molar-refractivity contribution is 9.10. The van der Waals surface area contributed by atoms with Crippen LogP contribution in [0, 0.1) is 0 Å². The molecule has 1 fully saturated rings. The van der Waals surface area contributed by atoms with Gasteiger partial charge in [-0.2, -0.15) is 11.8 Å². The van der Waals surface area contributed by atoms with Gasteiger partial charge in [0.1, 0.15) is 0 Å². The molecule has 1 atom stereocenters. The van der Waals surface area contributed by atoms with Crippen LogP contribution in [0.4, 0.5) is 0 Å². The Kier molecular flexibility index (Phi) is 5.62. The second-order valence-corrected chi connectivity index (χ2v) is 7.57. The van der Waals surface area contributed by atoms with E-state index in [1.165, 1.54) is 5.69 Å². The van der Waals surface area contributed by atoms with Gasteiger partial charge >= 0.3 is 0 Å². The minimum absolute atomic E-state index is 0.549. The molecule has 2 heterocycles. The van der Waals surface area contributed by atoms with Crippen molar-refractivity contribution in [1.29, 1.82) is 0 Å². The molecule has 0 bridgehead atoms. The Hall–Kier alpha value is -0.660. The van der Waals surface area contributed by atoms with Crippen LogP contribution in [0.25, 0.3) is 0 Å². The lowest BCUT2D eigenvalue weighted by Crippen LogP contribution is -2.47. The zero-order valence-electron chi connectivity index (χ0n) is 12.8. The van der Waals surface area contributed by atoms with Crippen LogP contribution in [0.2, 0.25) is 0 Å². The molecule has 1 saturated heterocycles. The molecule has 1 aromatic rings. The molecule has 21 heavy (non-hydrogen) atoms. The smallest absolute Gasteiger partial charge is 0.193 e. The quantitative estimate of drug-likeness (QED) is 0.621. The number of rotatable bonds is 4. The van der Waals surface area contributed by atoms with Gasteiger partial charge in [0.25, 0.3) is 0 Å². The molecule has 2 rings (SSSR count). The minimum atomic E-state index is -0.602. The Labute approximate surface area is 138 Å². The van der Waals surface area contributed by atoms with Crippen molar-refractivity contribution in [1.82, 2.24) is 14.8 Å². The van der Waals surface area contributed by atoms with Crippen LogP contribution in [0.5, 0.6) is 0 Å². The van der Waals surface area contributed by atoms with Gasteiger partial charge in [0.05, 0.1) is 12.1 Å². The summed E-state index contributed by atoms with van der Waals surface area (Å²) in [5.74, 6) is 2.63. The highest BCUT2D eigenvalue weighted by Crippen LogP contribution is 2.27. The topological polar surface area (TPSA) is 52.8 Å². The number of aliphatic hydroxyl groups is 1. The third-order valence-electron chi connectivity index (χ3n) is 3.71. The number of aromatic nitrogens is 1. The zero-order chi connectivity index (χ0) is 15.5. The molecule has 1 unspecified atom stereocenters. The first kappa shape index (κ1) is 16.7. The number of aliphatic imine (C=N–C) groups is 1. The fraction of sp³-hybridized carbons (Fsp3) is 0.643. The largest absolute Gasteiger partial charge is 0.387 e. The molecule has 7 heteroatoms. The number of guanidine groups is 1. The second kappa shape index (κ2) is 7.07. The van der Waals surface area contributed by atoms with Crippen LogP contribution in [-0.2, 0) is 13.6 Å². The summed E-state index contributed by atoms with van der Waals surface area (Å²) in [5.41, 5.74) is 0.595. The summed E-state index contributed by atoms with van der Waals surface area (Å²) in [5, 5.41) is 13.7. The van der Waals surface area contributed by atoms with Crippen LogP contribution >= 0.6 is 27.7 Å². The van der Waals surface area contributed by atoms with Crippen LogP contribution in [-0.4, -0.2) is 58.3 Å². The van der Waals surface area contributed by atoms with Gasteiger partial charge in [0, 0.05) is 49.8 Å². The fourth-order valence-corrected chi connectivity index (χ4v) is 4.27. The van der Waals surface area contributed by atoms with Crippen molar-refractivity contribution in [2.24, 2.45) is 12.0 Å². The molecular formula is C14H23BrN4OS. The first-order valence-corrected chi connectivity index (χ1v) is 8.91. The van der Waals surface area contributed by atoms with Gasteiger partial charge in [-0.15, -0.1) is 0 Å². The van der Waals surface area contributed by atoms with E-state index in [2.05, 4.69) is 41.8 Å². The SMILES string of the molecule is CN=C(NCC1(O)CCSC1)N(C)Cc1cc(Br)cn1C. The van der Waals surface area contributed by atoms with Gasteiger partial charge < -0.3 is 19.9 Å². The average molecular weight is 375 g/mol. The Balaban J connectivity index is 1.92. The van der Waals surface area contributed by atoms with Crippen LogP contribution in [0.1, 0.15) is 12.1 Å². The number of hydrogen-bond acceptors (Lipinski definition) is 3. The summed E-state index contributed by atoms with van der Waals surface area (Å²) in [7, 11) is 5.81. The molecule has 0 radical (unpaired) electrons. The third kappa shape index (κ3) is 4.40. The van der Waals surface area contributed by atoms with Crippen molar-refractivity contribution >= 4 is 33.7 Å². The predicted octanol–water partition coefficient (Wildman–Crippen LogP) is 1.66. The Bertz CT molecular complexity index is 511. The maximum atomic E-state index is 10.4. The van der Waals surface area contributed by atoms with Crippen molar-refractivity contribution in [3.63, 3.8) is 0 Å². The maximum absolute atomic E-state index is 10.4. The average Bonchev–Trinajstić information content (AvgIpc) is 2.97. The molecule has 0 amide bonds. The highest BCUT2D eigenvalue weighted by atomic mass is 79.9. The van der Waals surface area contributed by atoms with E-state index in [1.54, 1.807) is 18.8 Å². The van der Waals surface area contributed by atoms with Crippen molar-refractivity contribution in [3.05, 3.63) is 22.4 Å². The van der Waals surface area contributed by atoms with E-state index in [1.807, 2.05) is 20.3 Å². The predicted molar refractivity (Wildman–Crippen MR) is 92.8 cm³/mol.